The van der Waals surface area contributed by atoms with Gasteiger partial charge in [0.15, 0.2) is 0 Å². The van der Waals surface area contributed by atoms with E-state index in [0.717, 1.165) is 42.5 Å². The monoisotopic (exact) mass is 380 g/mol. The maximum Gasteiger partial charge on any atom is 0.254 e. The lowest BCUT2D eigenvalue weighted by molar-refractivity contribution is -0.117. The molecule has 8 heteroatoms. The first-order valence-electron chi connectivity index (χ1n) is 9.59. The fourth-order valence-corrected chi connectivity index (χ4v) is 3.90. The minimum Gasteiger partial charge on any atom is -0.365 e. The lowest BCUT2D eigenvalue weighted by Crippen LogP contribution is -2.43. The molecular formula is C20H24N6O2. The first-order valence-corrected chi connectivity index (χ1v) is 9.59. The van der Waals surface area contributed by atoms with Crippen LogP contribution in [0.3, 0.4) is 0 Å². The largest absolute Gasteiger partial charge is 0.365 e. The molecule has 1 amide bonds. The number of rotatable bonds is 5. The number of ketones is 1. The highest BCUT2D eigenvalue weighted by Gasteiger charge is 2.23. The van der Waals surface area contributed by atoms with Crippen molar-refractivity contribution in [2.24, 2.45) is 11.5 Å². The predicted octanol–water partition coefficient (Wildman–Crippen LogP) is 1.67. The highest BCUT2D eigenvalue weighted by atomic mass is 16.1. The van der Waals surface area contributed by atoms with Crippen molar-refractivity contribution in [1.82, 2.24) is 9.97 Å². The summed E-state index contributed by atoms with van der Waals surface area (Å²) in [5, 5.41) is 6.44. The average Bonchev–Trinajstić information content (AvgIpc) is 3.03. The van der Waals surface area contributed by atoms with Crippen LogP contribution in [0.4, 0.5) is 17.5 Å². The number of benzene rings is 1. The molecule has 1 heterocycles. The second-order valence-corrected chi connectivity index (χ2v) is 7.52. The van der Waals surface area contributed by atoms with Crippen LogP contribution in [-0.2, 0) is 17.6 Å². The summed E-state index contributed by atoms with van der Waals surface area (Å²) in [4.78, 5) is 32.2. The van der Waals surface area contributed by atoms with Gasteiger partial charge < -0.3 is 22.1 Å². The molecule has 0 radical (unpaired) electrons. The number of Topliss-reactive ketones (excluding diaryl/α,β-unsaturated/α-hetero) is 1. The molecule has 146 valence electrons. The molecule has 0 bridgehead atoms. The molecule has 8 nitrogen and oxygen atoms in total. The van der Waals surface area contributed by atoms with Gasteiger partial charge in [-0.15, -0.1) is 0 Å². The molecule has 0 saturated heterocycles. The highest BCUT2D eigenvalue weighted by molar-refractivity contribution is 5.98. The lowest BCUT2D eigenvalue weighted by atomic mass is 9.91. The molecule has 0 unspecified atom stereocenters. The Balaban J connectivity index is 1.59. The molecule has 4 rings (SSSR count). The van der Waals surface area contributed by atoms with E-state index in [1.54, 1.807) is 0 Å². The number of carbonyl (C=O) groups excluding carboxylic acids is 2. The SMILES string of the molecule is NC(=O)c1cnc(N[C@@H]2CCCC[C@@H]2N)nc1Nc1ccc2c(c1)CC(=O)C2. The number of aromatic nitrogens is 2. The minimum absolute atomic E-state index is 0.0545. The van der Waals surface area contributed by atoms with Gasteiger partial charge in [-0.1, -0.05) is 18.9 Å². The Hall–Kier alpha value is -3.00. The van der Waals surface area contributed by atoms with Crippen LogP contribution in [0.25, 0.3) is 0 Å². The lowest BCUT2D eigenvalue weighted by Gasteiger charge is -2.29. The zero-order valence-electron chi connectivity index (χ0n) is 15.6. The number of nitrogens with zero attached hydrogens (tertiary/aromatic N) is 2. The van der Waals surface area contributed by atoms with Gasteiger partial charge in [0.2, 0.25) is 5.95 Å². The minimum atomic E-state index is -0.611. The van der Waals surface area contributed by atoms with Crippen LogP contribution in [0.2, 0.25) is 0 Å². The van der Waals surface area contributed by atoms with Crippen LogP contribution in [-0.4, -0.2) is 33.7 Å². The maximum absolute atomic E-state index is 11.8. The number of primary amides is 1. The van der Waals surface area contributed by atoms with Gasteiger partial charge in [0, 0.05) is 36.8 Å². The van der Waals surface area contributed by atoms with Crippen molar-refractivity contribution in [1.29, 1.82) is 0 Å². The van der Waals surface area contributed by atoms with Crippen LogP contribution in [0.1, 0.15) is 47.2 Å². The topological polar surface area (TPSA) is 136 Å². The van der Waals surface area contributed by atoms with Gasteiger partial charge in [-0.25, -0.2) is 4.98 Å². The number of nitrogens with two attached hydrogens (primary N) is 2. The second kappa shape index (κ2) is 7.55. The van der Waals surface area contributed by atoms with Crippen LogP contribution in [0.15, 0.2) is 24.4 Å². The van der Waals surface area contributed by atoms with Crippen molar-refractivity contribution in [2.75, 3.05) is 10.6 Å². The van der Waals surface area contributed by atoms with Crippen LogP contribution < -0.4 is 22.1 Å². The van der Waals surface area contributed by atoms with Crippen LogP contribution >= 0.6 is 0 Å². The van der Waals surface area contributed by atoms with Crippen molar-refractivity contribution in [3.05, 3.63) is 41.1 Å². The van der Waals surface area contributed by atoms with Crippen molar-refractivity contribution in [3.63, 3.8) is 0 Å². The molecule has 1 aromatic heterocycles. The predicted molar refractivity (Wildman–Crippen MR) is 107 cm³/mol. The van der Waals surface area contributed by atoms with Gasteiger partial charge in [0.05, 0.1) is 0 Å². The zero-order valence-corrected chi connectivity index (χ0v) is 15.6. The summed E-state index contributed by atoms with van der Waals surface area (Å²) in [7, 11) is 0. The fraction of sp³-hybridized carbons (Fsp3) is 0.400. The standard InChI is InChI=1S/C20H24N6O2/c21-16-3-1-2-4-17(16)25-20-23-10-15(18(22)28)19(26-20)24-13-6-5-11-8-14(27)9-12(11)7-13/h5-7,10,16-17H,1-4,8-9,21H2,(H2,22,28)(H2,23,24,25,26)/t16-,17+/m0/s1. The molecule has 6 N–H and O–H groups in total. The molecule has 0 spiro atoms. The van der Waals surface area contributed by atoms with E-state index >= 15 is 0 Å². The van der Waals surface area contributed by atoms with Crippen molar-refractivity contribution in [3.8, 4) is 0 Å². The number of amides is 1. The molecule has 1 aromatic carbocycles. The van der Waals surface area contributed by atoms with Crippen LogP contribution in [0.5, 0.6) is 0 Å². The fourth-order valence-electron chi connectivity index (χ4n) is 3.90. The van der Waals surface area contributed by atoms with Gasteiger partial charge in [0.1, 0.15) is 17.2 Å². The van der Waals surface area contributed by atoms with Crippen molar-refractivity contribution < 1.29 is 9.59 Å². The zero-order chi connectivity index (χ0) is 19.7. The van der Waals surface area contributed by atoms with E-state index in [4.69, 9.17) is 11.5 Å². The number of hydrogen-bond acceptors (Lipinski definition) is 7. The number of anilines is 3. The Morgan fingerprint density at radius 2 is 1.93 bits per heavy atom. The smallest absolute Gasteiger partial charge is 0.254 e. The molecule has 1 fully saturated rings. The second-order valence-electron chi connectivity index (χ2n) is 7.52. The van der Waals surface area contributed by atoms with Gasteiger partial charge in [-0.05, 0) is 36.1 Å². The van der Waals surface area contributed by atoms with Gasteiger partial charge >= 0.3 is 0 Å². The summed E-state index contributed by atoms with van der Waals surface area (Å²) >= 11 is 0. The third-order valence-electron chi connectivity index (χ3n) is 5.43. The van der Waals surface area contributed by atoms with E-state index in [0.29, 0.717) is 24.6 Å². The van der Waals surface area contributed by atoms with Crippen molar-refractivity contribution in [2.45, 2.75) is 50.6 Å². The van der Waals surface area contributed by atoms with Gasteiger partial charge in [0.25, 0.3) is 5.91 Å². The van der Waals surface area contributed by atoms with Gasteiger partial charge in [-0.3, -0.25) is 9.59 Å². The van der Waals surface area contributed by atoms with E-state index in [1.165, 1.54) is 6.20 Å². The van der Waals surface area contributed by atoms with E-state index in [2.05, 4.69) is 20.6 Å². The Bertz CT molecular complexity index is 929. The number of carbonyl (C=O) groups is 2. The Morgan fingerprint density at radius 3 is 2.71 bits per heavy atom. The van der Waals surface area contributed by atoms with E-state index in [9.17, 15) is 9.59 Å². The summed E-state index contributed by atoms with van der Waals surface area (Å²) in [5.74, 6) is 0.340. The normalized spacial score (nSPS) is 21.2. The van der Waals surface area contributed by atoms with E-state index in [-0.39, 0.29) is 23.4 Å². The Labute approximate surface area is 163 Å². The summed E-state index contributed by atoms with van der Waals surface area (Å²) in [6.45, 7) is 0. The molecular weight excluding hydrogens is 356 g/mol. The summed E-state index contributed by atoms with van der Waals surface area (Å²) < 4.78 is 0. The molecule has 0 aliphatic heterocycles. The molecule has 2 aliphatic carbocycles. The number of hydrogen-bond donors (Lipinski definition) is 4. The number of nitrogens with one attached hydrogen (secondary N) is 2. The highest BCUT2D eigenvalue weighted by Crippen LogP contribution is 2.27. The van der Waals surface area contributed by atoms with Gasteiger partial charge in [-0.2, -0.15) is 4.98 Å². The first kappa shape index (κ1) is 18.4. The maximum atomic E-state index is 11.8. The van der Waals surface area contributed by atoms with E-state index in [1.807, 2.05) is 18.2 Å². The summed E-state index contributed by atoms with van der Waals surface area (Å²) in [6, 6.07) is 5.87. The summed E-state index contributed by atoms with van der Waals surface area (Å²) in [5.41, 5.74) is 14.7. The quantitative estimate of drug-likeness (QED) is 0.619. The Kier molecular flexibility index (Phi) is 4.95. The molecule has 2 aromatic rings. The molecule has 1 saturated carbocycles. The molecule has 2 atom stereocenters. The Morgan fingerprint density at radius 1 is 1.14 bits per heavy atom. The average molecular weight is 380 g/mol. The van der Waals surface area contributed by atoms with E-state index < -0.39 is 5.91 Å². The number of fused-ring (bicyclic) bond motifs is 1. The summed E-state index contributed by atoms with van der Waals surface area (Å²) in [6.07, 6.45) is 6.51. The molecule has 2 aliphatic rings. The van der Waals surface area contributed by atoms with Crippen molar-refractivity contribution >= 4 is 29.1 Å². The first-order chi connectivity index (χ1) is 13.5. The third kappa shape index (κ3) is 3.82. The van der Waals surface area contributed by atoms with Crippen LogP contribution in [0, 0.1) is 0 Å². The molecule has 28 heavy (non-hydrogen) atoms. The third-order valence-corrected chi connectivity index (χ3v) is 5.43.